The predicted octanol–water partition coefficient (Wildman–Crippen LogP) is 5.81. The third-order valence-electron chi connectivity index (χ3n) is 5.04. The van der Waals surface area contributed by atoms with E-state index in [1.54, 1.807) is 7.11 Å². The molecule has 0 spiro atoms. The van der Waals surface area contributed by atoms with Gasteiger partial charge in [0.2, 0.25) is 0 Å². The average molecular weight is 384 g/mol. The van der Waals surface area contributed by atoms with Crippen LogP contribution in [0.15, 0.2) is 48.5 Å². The van der Waals surface area contributed by atoms with Crippen LogP contribution in [0, 0.1) is 0 Å². The fourth-order valence-electron chi connectivity index (χ4n) is 3.43. The molecule has 2 aromatic carbocycles. The molecular formula is C25H37NO2. The molecule has 0 aliphatic rings. The maximum atomic E-state index is 6.09. The van der Waals surface area contributed by atoms with Crippen LogP contribution in [0.2, 0.25) is 0 Å². The molecular weight excluding hydrogens is 346 g/mol. The largest absolute Gasteiger partial charge is 0.493 e. The highest BCUT2D eigenvalue weighted by atomic mass is 16.5. The summed E-state index contributed by atoms with van der Waals surface area (Å²) in [5.41, 5.74) is 2.60. The minimum atomic E-state index is 0.525. The van der Waals surface area contributed by atoms with Gasteiger partial charge in [-0.05, 0) is 49.1 Å². The summed E-state index contributed by atoms with van der Waals surface area (Å²) in [6.07, 6.45) is 8.18. The van der Waals surface area contributed by atoms with Gasteiger partial charge in [0.1, 0.15) is 0 Å². The van der Waals surface area contributed by atoms with Crippen LogP contribution in [0.4, 0.5) is 0 Å². The van der Waals surface area contributed by atoms with Gasteiger partial charge < -0.3 is 14.8 Å². The number of nitrogens with one attached hydrogen (secondary N) is 1. The molecule has 1 atom stereocenters. The van der Waals surface area contributed by atoms with Crippen molar-refractivity contribution in [1.82, 2.24) is 5.32 Å². The van der Waals surface area contributed by atoms with Gasteiger partial charge in [0.15, 0.2) is 11.5 Å². The van der Waals surface area contributed by atoms with E-state index < -0.39 is 0 Å². The first kappa shape index (κ1) is 22.3. The van der Waals surface area contributed by atoms with Crippen molar-refractivity contribution < 1.29 is 9.47 Å². The minimum absolute atomic E-state index is 0.525. The summed E-state index contributed by atoms with van der Waals surface area (Å²) in [6, 6.07) is 17.3. The Balaban J connectivity index is 1.98. The van der Waals surface area contributed by atoms with Gasteiger partial charge in [-0.3, -0.25) is 0 Å². The molecule has 28 heavy (non-hydrogen) atoms. The van der Waals surface area contributed by atoms with Crippen LogP contribution in [0.1, 0.15) is 57.1 Å². The van der Waals surface area contributed by atoms with Crippen molar-refractivity contribution in [2.24, 2.45) is 0 Å². The summed E-state index contributed by atoms with van der Waals surface area (Å²) in [7, 11) is 1.70. The molecule has 0 radical (unpaired) electrons. The van der Waals surface area contributed by atoms with Crippen LogP contribution in [-0.2, 0) is 12.8 Å². The normalized spacial score (nSPS) is 12.0. The first-order valence-electron chi connectivity index (χ1n) is 10.8. The molecule has 0 aliphatic carbocycles. The van der Waals surface area contributed by atoms with Crippen molar-refractivity contribution >= 4 is 0 Å². The molecule has 0 aliphatic heterocycles. The Labute approximate surface area is 171 Å². The summed E-state index contributed by atoms with van der Waals surface area (Å²) in [4.78, 5) is 0. The van der Waals surface area contributed by atoms with Crippen molar-refractivity contribution in [2.45, 2.75) is 64.8 Å². The van der Waals surface area contributed by atoms with Gasteiger partial charge in [0.05, 0.1) is 13.7 Å². The van der Waals surface area contributed by atoms with Crippen molar-refractivity contribution in [2.75, 3.05) is 20.3 Å². The fraction of sp³-hybridized carbons (Fsp3) is 0.520. The van der Waals surface area contributed by atoms with E-state index in [0.717, 1.165) is 30.9 Å². The lowest BCUT2D eigenvalue weighted by Crippen LogP contribution is -2.31. The lowest BCUT2D eigenvalue weighted by molar-refractivity contribution is 0.297. The minimum Gasteiger partial charge on any atom is -0.493 e. The summed E-state index contributed by atoms with van der Waals surface area (Å²) in [6.45, 7) is 6.21. The fourth-order valence-corrected chi connectivity index (χ4v) is 3.43. The number of methoxy groups -OCH3 is 1. The maximum Gasteiger partial charge on any atom is 0.161 e. The maximum absolute atomic E-state index is 6.09. The molecule has 1 N–H and O–H groups in total. The molecule has 0 aromatic heterocycles. The van der Waals surface area contributed by atoms with Crippen molar-refractivity contribution in [1.29, 1.82) is 0 Å². The lowest BCUT2D eigenvalue weighted by Gasteiger charge is -2.20. The highest BCUT2D eigenvalue weighted by Crippen LogP contribution is 2.29. The molecule has 154 valence electrons. The predicted molar refractivity (Wildman–Crippen MR) is 119 cm³/mol. The quantitative estimate of drug-likeness (QED) is 0.418. The van der Waals surface area contributed by atoms with E-state index in [4.69, 9.17) is 9.47 Å². The van der Waals surface area contributed by atoms with Crippen LogP contribution in [0.5, 0.6) is 11.5 Å². The highest BCUT2D eigenvalue weighted by molar-refractivity contribution is 5.43. The van der Waals surface area contributed by atoms with Gasteiger partial charge >= 0.3 is 0 Å². The summed E-state index contributed by atoms with van der Waals surface area (Å²) < 4.78 is 11.6. The molecule has 0 fully saturated rings. The number of unbranched alkanes of at least 4 members (excludes halogenated alkanes) is 2. The molecule has 0 bridgehead atoms. The third kappa shape index (κ3) is 7.93. The Bertz CT molecular complexity index is 657. The van der Waals surface area contributed by atoms with E-state index in [1.807, 2.05) is 12.1 Å². The first-order valence-corrected chi connectivity index (χ1v) is 10.8. The third-order valence-corrected chi connectivity index (χ3v) is 5.04. The SMILES string of the molecule is CCCCC[C@H](Cc1ccc(OC)c(OCCc2ccccc2)c1)NCCC. The van der Waals surface area contributed by atoms with Crippen LogP contribution in [0.25, 0.3) is 0 Å². The summed E-state index contributed by atoms with van der Waals surface area (Å²) in [5.74, 6) is 1.65. The second-order valence-corrected chi connectivity index (χ2v) is 7.42. The number of rotatable bonds is 14. The van der Waals surface area contributed by atoms with Gasteiger partial charge in [-0.15, -0.1) is 0 Å². The van der Waals surface area contributed by atoms with E-state index in [9.17, 15) is 0 Å². The van der Waals surface area contributed by atoms with E-state index in [0.29, 0.717) is 12.6 Å². The monoisotopic (exact) mass is 383 g/mol. The number of benzene rings is 2. The van der Waals surface area contributed by atoms with Crippen LogP contribution < -0.4 is 14.8 Å². The Kier molecular flexibility index (Phi) is 10.5. The van der Waals surface area contributed by atoms with E-state index in [-0.39, 0.29) is 0 Å². The zero-order chi connectivity index (χ0) is 20.0. The molecule has 2 rings (SSSR count). The van der Waals surface area contributed by atoms with Gasteiger partial charge in [-0.25, -0.2) is 0 Å². The zero-order valence-corrected chi connectivity index (χ0v) is 17.9. The van der Waals surface area contributed by atoms with Crippen molar-refractivity contribution in [3.8, 4) is 11.5 Å². The molecule has 0 heterocycles. The lowest BCUT2D eigenvalue weighted by atomic mass is 10.00. The molecule has 2 aromatic rings. The summed E-state index contributed by atoms with van der Waals surface area (Å²) in [5, 5.41) is 3.72. The topological polar surface area (TPSA) is 30.5 Å². The molecule has 0 amide bonds. The summed E-state index contributed by atoms with van der Waals surface area (Å²) >= 11 is 0. The number of hydrogen-bond acceptors (Lipinski definition) is 3. The number of hydrogen-bond donors (Lipinski definition) is 1. The van der Waals surface area contributed by atoms with Gasteiger partial charge in [-0.1, -0.05) is 69.5 Å². The zero-order valence-electron chi connectivity index (χ0n) is 17.9. The van der Waals surface area contributed by atoms with E-state index >= 15 is 0 Å². The van der Waals surface area contributed by atoms with Gasteiger partial charge in [0, 0.05) is 12.5 Å². The Morgan fingerprint density at radius 1 is 0.893 bits per heavy atom. The van der Waals surface area contributed by atoms with E-state index in [1.165, 1.54) is 43.2 Å². The molecule has 3 nitrogen and oxygen atoms in total. The highest BCUT2D eigenvalue weighted by Gasteiger charge is 2.12. The molecule has 3 heteroatoms. The van der Waals surface area contributed by atoms with Crippen molar-refractivity contribution in [3.63, 3.8) is 0 Å². The van der Waals surface area contributed by atoms with Crippen LogP contribution in [-0.4, -0.2) is 26.3 Å². The molecule has 0 unspecified atom stereocenters. The molecule has 0 saturated heterocycles. The Hall–Kier alpha value is -2.00. The van der Waals surface area contributed by atoms with Gasteiger partial charge in [0.25, 0.3) is 0 Å². The first-order chi connectivity index (χ1) is 13.8. The number of ether oxygens (including phenoxy) is 2. The Morgan fingerprint density at radius 2 is 1.71 bits per heavy atom. The van der Waals surface area contributed by atoms with Crippen molar-refractivity contribution in [3.05, 3.63) is 59.7 Å². The standard InChI is InChI=1S/C25H37NO2/c1-4-6-8-13-23(26-17-5-2)19-22-14-15-24(27-3)25(20-22)28-18-16-21-11-9-7-10-12-21/h7,9-12,14-15,20,23,26H,4-6,8,13,16-19H2,1-3H3/t23-/m1/s1. The molecule has 0 saturated carbocycles. The smallest absolute Gasteiger partial charge is 0.161 e. The second kappa shape index (κ2) is 13.2. The van der Waals surface area contributed by atoms with Crippen LogP contribution >= 0.6 is 0 Å². The Morgan fingerprint density at radius 3 is 2.43 bits per heavy atom. The van der Waals surface area contributed by atoms with E-state index in [2.05, 4.69) is 55.6 Å². The van der Waals surface area contributed by atoms with Crippen LogP contribution in [0.3, 0.4) is 0 Å². The second-order valence-electron chi connectivity index (χ2n) is 7.42. The van der Waals surface area contributed by atoms with Gasteiger partial charge in [-0.2, -0.15) is 0 Å². The average Bonchev–Trinajstić information content (AvgIpc) is 2.73.